The second-order valence-electron chi connectivity index (χ2n) is 4.30. The fraction of sp³-hybridized carbons (Fsp3) is 0. The standard InChI is InChI=1S/C17H13N3O/c1-3-8-14(9-4-1)10-7-13-18-17-20-19-16(21-17)15-11-5-2-6-12-15/h1-13H/b10-7+,18-13+. The highest BCUT2D eigenvalue weighted by molar-refractivity contribution is 5.79. The van der Waals surface area contributed by atoms with Gasteiger partial charge in [0.25, 0.3) is 0 Å². The summed E-state index contributed by atoms with van der Waals surface area (Å²) in [7, 11) is 0. The van der Waals surface area contributed by atoms with Crippen LogP contribution in [0.1, 0.15) is 5.56 Å². The molecule has 0 fully saturated rings. The Kier molecular flexibility index (Phi) is 3.98. The molecular weight excluding hydrogens is 262 g/mol. The fourth-order valence-electron chi connectivity index (χ4n) is 1.79. The van der Waals surface area contributed by atoms with Crippen LogP contribution in [-0.4, -0.2) is 16.4 Å². The first kappa shape index (κ1) is 13.0. The van der Waals surface area contributed by atoms with Crippen LogP contribution in [0.5, 0.6) is 0 Å². The van der Waals surface area contributed by atoms with Crippen molar-refractivity contribution < 1.29 is 4.42 Å². The third kappa shape index (κ3) is 3.51. The maximum absolute atomic E-state index is 5.47. The molecule has 2 aromatic carbocycles. The van der Waals surface area contributed by atoms with Crippen molar-refractivity contribution >= 4 is 18.3 Å². The van der Waals surface area contributed by atoms with Crippen LogP contribution in [0.25, 0.3) is 17.5 Å². The Bertz CT molecular complexity index is 746. The van der Waals surface area contributed by atoms with Gasteiger partial charge in [-0.1, -0.05) is 59.7 Å². The molecule has 0 bridgehead atoms. The predicted molar refractivity (Wildman–Crippen MR) is 83.4 cm³/mol. The molecule has 0 spiro atoms. The molecule has 1 aromatic heterocycles. The molecule has 0 amide bonds. The van der Waals surface area contributed by atoms with Gasteiger partial charge in [0.15, 0.2) is 0 Å². The minimum absolute atomic E-state index is 0.242. The molecule has 21 heavy (non-hydrogen) atoms. The summed E-state index contributed by atoms with van der Waals surface area (Å²) in [5, 5.41) is 7.86. The lowest BCUT2D eigenvalue weighted by molar-refractivity contribution is 0.580. The van der Waals surface area contributed by atoms with Gasteiger partial charge in [-0.05, 0) is 23.8 Å². The topological polar surface area (TPSA) is 51.3 Å². The SMILES string of the molecule is C(=C\c1ccccc1)/C=N/c1nnc(-c2ccccc2)o1. The van der Waals surface area contributed by atoms with E-state index in [0.29, 0.717) is 5.89 Å². The number of benzene rings is 2. The zero-order chi connectivity index (χ0) is 14.3. The molecule has 0 saturated carbocycles. The lowest BCUT2D eigenvalue weighted by Gasteiger charge is -1.90. The summed E-state index contributed by atoms with van der Waals surface area (Å²) in [6, 6.07) is 19.8. The molecule has 3 aromatic rings. The van der Waals surface area contributed by atoms with E-state index in [4.69, 9.17) is 4.42 Å². The van der Waals surface area contributed by atoms with Crippen LogP contribution in [-0.2, 0) is 0 Å². The van der Waals surface area contributed by atoms with Crippen LogP contribution >= 0.6 is 0 Å². The number of nitrogens with zero attached hydrogens (tertiary/aromatic N) is 3. The van der Waals surface area contributed by atoms with Crippen molar-refractivity contribution in [2.45, 2.75) is 0 Å². The summed E-state index contributed by atoms with van der Waals surface area (Å²) >= 11 is 0. The van der Waals surface area contributed by atoms with E-state index in [0.717, 1.165) is 11.1 Å². The van der Waals surface area contributed by atoms with Crippen molar-refractivity contribution in [3.63, 3.8) is 0 Å². The van der Waals surface area contributed by atoms with Crippen LogP contribution in [0.2, 0.25) is 0 Å². The van der Waals surface area contributed by atoms with Gasteiger partial charge in [-0.25, -0.2) is 4.99 Å². The molecule has 0 radical (unpaired) electrons. The first-order chi connectivity index (χ1) is 10.4. The van der Waals surface area contributed by atoms with Gasteiger partial charge < -0.3 is 4.42 Å². The highest BCUT2D eigenvalue weighted by atomic mass is 16.4. The third-order valence-electron chi connectivity index (χ3n) is 2.79. The zero-order valence-electron chi connectivity index (χ0n) is 11.3. The average molecular weight is 275 g/mol. The maximum Gasteiger partial charge on any atom is 0.342 e. The van der Waals surface area contributed by atoms with Gasteiger partial charge in [0.1, 0.15) is 0 Å². The van der Waals surface area contributed by atoms with Crippen LogP contribution in [0, 0.1) is 0 Å². The molecule has 0 saturated heterocycles. The molecule has 0 atom stereocenters. The maximum atomic E-state index is 5.47. The van der Waals surface area contributed by atoms with E-state index in [-0.39, 0.29) is 6.01 Å². The molecule has 4 nitrogen and oxygen atoms in total. The Balaban J connectivity index is 1.67. The predicted octanol–water partition coefficient (Wildman–Crippen LogP) is 4.15. The van der Waals surface area contributed by atoms with Gasteiger partial charge in [-0.2, -0.15) is 0 Å². The summed E-state index contributed by atoms with van der Waals surface area (Å²) in [5.41, 5.74) is 1.99. The molecule has 4 heteroatoms. The lowest BCUT2D eigenvalue weighted by Crippen LogP contribution is -1.75. The van der Waals surface area contributed by atoms with Crippen LogP contribution in [0.3, 0.4) is 0 Å². The van der Waals surface area contributed by atoms with Gasteiger partial charge in [0.05, 0.1) is 0 Å². The Morgan fingerprint density at radius 3 is 2.33 bits per heavy atom. The average Bonchev–Trinajstić information content (AvgIpc) is 3.02. The number of aliphatic imine (C=N–C) groups is 1. The normalized spacial score (nSPS) is 11.4. The summed E-state index contributed by atoms with van der Waals surface area (Å²) in [5.74, 6) is 0.467. The second-order valence-corrected chi connectivity index (χ2v) is 4.30. The Morgan fingerprint density at radius 2 is 1.57 bits per heavy atom. The van der Waals surface area contributed by atoms with Crippen molar-refractivity contribution in [2.75, 3.05) is 0 Å². The summed E-state index contributed by atoms with van der Waals surface area (Å²) < 4.78 is 5.47. The van der Waals surface area contributed by atoms with Gasteiger partial charge in [-0.15, -0.1) is 5.10 Å². The van der Waals surface area contributed by atoms with Gasteiger partial charge in [-0.3, -0.25) is 0 Å². The monoisotopic (exact) mass is 275 g/mol. The largest absolute Gasteiger partial charge is 0.402 e. The minimum atomic E-state index is 0.242. The number of aromatic nitrogens is 2. The molecule has 1 heterocycles. The second kappa shape index (κ2) is 6.43. The fourth-order valence-corrected chi connectivity index (χ4v) is 1.79. The molecule has 0 N–H and O–H groups in total. The first-order valence-corrected chi connectivity index (χ1v) is 6.56. The van der Waals surface area contributed by atoms with Crippen molar-refractivity contribution in [3.05, 3.63) is 72.3 Å². The minimum Gasteiger partial charge on any atom is -0.402 e. The van der Waals surface area contributed by atoms with E-state index in [2.05, 4.69) is 15.2 Å². The van der Waals surface area contributed by atoms with Crippen molar-refractivity contribution in [1.29, 1.82) is 0 Å². The van der Waals surface area contributed by atoms with E-state index in [9.17, 15) is 0 Å². The smallest absolute Gasteiger partial charge is 0.342 e. The van der Waals surface area contributed by atoms with Crippen molar-refractivity contribution in [2.24, 2.45) is 4.99 Å². The quantitative estimate of drug-likeness (QED) is 0.672. The molecule has 3 rings (SSSR count). The Hall–Kier alpha value is -3.01. The van der Waals surface area contributed by atoms with E-state index >= 15 is 0 Å². The number of hydrogen-bond acceptors (Lipinski definition) is 4. The van der Waals surface area contributed by atoms with Gasteiger partial charge in [0, 0.05) is 11.8 Å². The summed E-state index contributed by atoms with van der Waals surface area (Å²) in [6.45, 7) is 0. The third-order valence-corrected chi connectivity index (χ3v) is 2.79. The van der Waals surface area contributed by atoms with Crippen molar-refractivity contribution in [1.82, 2.24) is 10.2 Å². The zero-order valence-corrected chi connectivity index (χ0v) is 11.3. The van der Waals surface area contributed by atoms with Crippen molar-refractivity contribution in [3.8, 4) is 11.5 Å². The lowest BCUT2D eigenvalue weighted by atomic mass is 10.2. The molecule has 0 aliphatic rings. The number of allylic oxidation sites excluding steroid dienone is 1. The summed E-state index contributed by atoms with van der Waals surface area (Å²) in [4.78, 5) is 4.12. The molecular formula is C17H13N3O. The molecule has 102 valence electrons. The molecule has 0 aliphatic heterocycles. The molecule has 0 aliphatic carbocycles. The highest BCUT2D eigenvalue weighted by Crippen LogP contribution is 2.20. The Labute approximate surface area is 122 Å². The van der Waals surface area contributed by atoms with E-state index < -0.39 is 0 Å². The first-order valence-electron chi connectivity index (χ1n) is 6.56. The van der Waals surface area contributed by atoms with Gasteiger partial charge in [0.2, 0.25) is 5.89 Å². The Morgan fingerprint density at radius 1 is 0.857 bits per heavy atom. The van der Waals surface area contributed by atoms with Gasteiger partial charge >= 0.3 is 6.01 Å². The number of hydrogen-bond donors (Lipinski definition) is 0. The summed E-state index contributed by atoms with van der Waals surface area (Å²) in [6.07, 6.45) is 5.43. The van der Waals surface area contributed by atoms with E-state index in [1.54, 1.807) is 6.21 Å². The van der Waals surface area contributed by atoms with Crippen LogP contribution in [0.15, 0.2) is 76.1 Å². The van der Waals surface area contributed by atoms with E-state index in [1.807, 2.05) is 72.8 Å². The van der Waals surface area contributed by atoms with Crippen LogP contribution in [0.4, 0.5) is 6.01 Å². The number of rotatable bonds is 4. The highest BCUT2D eigenvalue weighted by Gasteiger charge is 2.05. The van der Waals surface area contributed by atoms with Crippen LogP contribution < -0.4 is 0 Å². The van der Waals surface area contributed by atoms with E-state index in [1.165, 1.54) is 0 Å². The molecule has 0 unspecified atom stereocenters.